The molecule has 3 N–H and O–H groups in total. The zero-order valence-corrected chi connectivity index (χ0v) is 11.9. The number of piperidine rings is 1. The van der Waals surface area contributed by atoms with Gasteiger partial charge in [0.05, 0.1) is 11.3 Å². The smallest absolute Gasteiger partial charge is 0.301 e. The normalized spacial score (nSPS) is 16.7. The van der Waals surface area contributed by atoms with Gasteiger partial charge in [-0.05, 0) is 18.9 Å². The fourth-order valence-corrected chi connectivity index (χ4v) is 3.46. The van der Waals surface area contributed by atoms with Crippen molar-refractivity contribution in [3.05, 3.63) is 29.3 Å². The van der Waals surface area contributed by atoms with Gasteiger partial charge in [0.15, 0.2) is 11.6 Å². The van der Waals surface area contributed by atoms with Crippen molar-refractivity contribution < 1.29 is 22.0 Å². The largest absolute Gasteiger partial charge is 0.366 e. The average molecular weight is 319 g/mol. The molecule has 1 fully saturated rings. The van der Waals surface area contributed by atoms with Gasteiger partial charge in [0.25, 0.3) is 5.91 Å². The lowest BCUT2D eigenvalue weighted by atomic mass is 10.1. The summed E-state index contributed by atoms with van der Waals surface area (Å²) in [6.45, 7) is 0.676. The second-order valence-electron chi connectivity index (χ2n) is 4.74. The number of nitrogens with two attached hydrogens (primary N) is 1. The summed E-state index contributed by atoms with van der Waals surface area (Å²) >= 11 is 0. The molecule has 0 bridgehead atoms. The number of benzene rings is 1. The minimum Gasteiger partial charge on any atom is -0.366 e. The molecule has 6 nitrogen and oxygen atoms in total. The first-order valence-corrected chi connectivity index (χ1v) is 7.82. The first-order chi connectivity index (χ1) is 9.81. The molecule has 0 radical (unpaired) electrons. The van der Waals surface area contributed by atoms with Crippen LogP contribution in [0.3, 0.4) is 0 Å². The lowest BCUT2D eigenvalue weighted by Crippen LogP contribution is -2.39. The van der Waals surface area contributed by atoms with Gasteiger partial charge < -0.3 is 5.73 Å². The van der Waals surface area contributed by atoms with E-state index in [-0.39, 0.29) is 5.69 Å². The fourth-order valence-electron chi connectivity index (χ4n) is 2.14. The predicted molar refractivity (Wildman–Crippen MR) is 72.8 cm³/mol. The standard InChI is InChI=1S/C12H15F2N3O3S/c13-9-6-8(12(15)18)11(7-10(9)14)16-21(19,20)17-4-2-1-3-5-17/h6-7,16H,1-5H2,(H2,15,18). The van der Waals surface area contributed by atoms with Gasteiger partial charge in [-0.2, -0.15) is 12.7 Å². The summed E-state index contributed by atoms with van der Waals surface area (Å²) in [5, 5.41) is 0. The fraction of sp³-hybridized carbons (Fsp3) is 0.417. The van der Waals surface area contributed by atoms with E-state index in [2.05, 4.69) is 4.72 Å². The molecule has 1 aliphatic heterocycles. The van der Waals surface area contributed by atoms with Crippen LogP contribution in [0.5, 0.6) is 0 Å². The van der Waals surface area contributed by atoms with Gasteiger partial charge in [0, 0.05) is 19.2 Å². The highest BCUT2D eigenvalue weighted by atomic mass is 32.2. The van der Waals surface area contributed by atoms with Crippen molar-refractivity contribution in [1.82, 2.24) is 4.31 Å². The highest BCUT2D eigenvalue weighted by Gasteiger charge is 2.26. The van der Waals surface area contributed by atoms with Crippen LogP contribution in [0.25, 0.3) is 0 Å². The maximum atomic E-state index is 13.3. The first kappa shape index (κ1) is 15.6. The topological polar surface area (TPSA) is 92.5 Å². The van der Waals surface area contributed by atoms with E-state index in [4.69, 9.17) is 5.73 Å². The van der Waals surface area contributed by atoms with Gasteiger partial charge >= 0.3 is 10.2 Å². The van der Waals surface area contributed by atoms with Crippen molar-refractivity contribution in [3.8, 4) is 0 Å². The van der Waals surface area contributed by atoms with Crippen LogP contribution in [0.2, 0.25) is 0 Å². The molecule has 0 aliphatic carbocycles. The number of anilines is 1. The lowest BCUT2D eigenvalue weighted by molar-refractivity contribution is 0.100. The Labute approximate surface area is 121 Å². The van der Waals surface area contributed by atoms with E-state index in [1.54, 1.807) is 0 Å². The number of halogens is 2. The van der Waals surface area contributed by atoms with E-state index in [9.17, 15) is 22.0 Å². The van der Waals surface area contributed by atoms with Crippen molar-refractivity contribution in [2.24, 2.45) is 5.73 Å². The zero-order valence-electron chi connectivity index (χ0n) is 11.1. The summed E-state index contributed by atoms with van der Waals surface area (Å²) < 4.78 is 54.0. The molecule has 1 aromatic rings. The number of carbonyl (C=O) groups is 1. The Bertz CT molecular complexity index is 658. The highest BCUT2D eigenvalue weighted by Crippen LogP contribution is 2.23. The molecular formula is C12H15F2N3O3S. The van der Waals surface area contributed by atoms with Gasteiger partial charge in [-0.15, -0.1) is 0 Å². The van der Waals surface area contributed by atoms with Crippen LogP contribution in [-0.2, 0) is 10.2 Å². The minimum atomic E-state index is -3.94. The number of rotatable bonds is 4. The Kier molecular flexibility index (Phi) is 4.43. The number of hydrogen-bond donors (Lipinski definition) is 2. The molecule has 1 amide bonds. The molecule has 0 spiro atoms. The van der Waals surface area contributed by atoms with E-state index >= 15 is 0 Å². The third-order valence-corrected chi connectivity index (χ3v) is 4.74. The summed E-state index contributed by atoms with van der Waals surface area (Å²) in [7, 11) is -3.94. The van der Waals surface area contributed by atoms with Crippen LogP contribution < -0.4 is 10.5 Å². The molecule has 1 aromatic carbocycles. The molecule has 116 valence electrons. The Morgan fingerprint density at radius 3 is 2.29 bits per heavy atom. The quantitative estimate of drug-likeness (QED) is 0.873. The maximum Gasteiger partial charge on any atom is 0.301 e. The number of hydrogen-bond acceptors (Lipinski definition) is 3. The number of primary amides is 1. The van der Waals surface area contributed by atoms with Crippen LogP contribution in [0.4, 0.5) is 14.5 Å². The number of amides is 1. The molecule has 1 aliphatic rings. The highest BCUT2D eigenvalue weighted by molar-refractivity contribution is 7.90. The Balaban J connectivity index is 2.33. The minimum absolute atomic E-state index is 0.338. The molecule has 1 saturated heterocycles. The molecule has 9 heteroatoms. The van der Waals surface area contributed by atoms with Crippen LogP contribution >= 0.6 is 0 Å². The summed E-state index contributed by atoms with van der Waals surface area (Å²) in [6, 6.07) is 1.18. The van der Waals surface area contributed by atoms with Crippen molar-refractivity contribution in [1.29, 1.82) is 0 Å². The predicted octanol–water partition coefficient (Wildman–Crippen LogP) is 1.21. The Morgan fingerprint density at radius 1 is 1.14 bits per heavy atom. The van der Waals surface area contributed by atoms with Gasteiger partial charge in [-0.1, -0.05) is 6.42 Å². The van der Waals surface area contributed by atoms with Gasteiger partial charge in [0.1, 0.15) is 0 Å². The van der Waals surface area contributed by atoms with E-state index in [0.29, 0.717) is 25.2 Å². The monoisotopic (exact) mass is 319 g/mol. The SMILES string of the molecule is NC(=O)c1cc(F)c(F)cc1NS(=O)(=O)N1CCCCC1. The van der Waals surface area contributed by atoms with Gasteiger partial charge in [0.2, 0.25) is 0 Å². The third kappa shape index (κ3) is 3.48. The number of nitrogens with zero attached hydrogens (tertiary/aromatic N) is 1. The molecule has 1 heterocycles. The summed E-state index contributed by atoms with van der Waals surface area (Å²) in [4.78, 5) is 11.2. The van der Waals surface area contributed by atoms with Crippen molar-refractivity contribution in [3.63, 3.8) is 0 Å². The molecular weight excluding hydrogens is 304 g/mol. The number of nitrogens with one attached hydrogen (secondary N) is 1. The second kappa shape index (κ2) is 5.94. The lowest BCUT2D eigenvalue weighted by Gasteiger charge is -2.26. The number of carbonyl (C=O) groups excluding carboxylic acids is 1. The third-order valence-electron chi connectivity index (χ3n) is 3.22. The van der Waals surface area contributed by atoms with E-state index in [1.807, 2.05) is 0 Å². The van der Waals surface area contributed by atoms with Crippen LogP contribution in [-0.4, -0.2) is 31.7 Å². The Hall–Kier alpha value is -1.74. The molecule has 0 atom stereocenters. The Morgan fingerprint density at radius 2 is 1.71 bits per heavy atom. The second-order valence-corrected chi connectivity index (χ2v) is 6.41. The first-order valence-electron chi connectivity index (χ1n) is 6.38. The van der Waals surface area contributed by atoms with Crippen LogP contribution in [0.1, 0.15) is 29.6 Å². The average Bonchev–Trinajstić information content (AvgIpc) is 2.43. The summed E-state index contributed by atoms with van der Waals surface area (Å²) in [5.74, 6) is -3.59. The molecule has 21 heavy (non-hydrogen) atoms. The maximum absolute atomic E-state index is 13.3. The van der Waals surface area contributed by atoms with Crippen molar-refractivity contribution >= 4 is 21.8 Å². The zero-order chi connectivity index (χ0) is 15.6. The van der Waals surface area contributed by atoms with Crippen LogP contribution in [0, 0.1) is 11.6 Å². The van der Waals surface area contributed by atoms with E-state index in [0.717, 1.165) is 19.3 Å². The van der Waals surface area contributed by atoms with Crippen LogP contribution in [0.15, 0.2) is 12.1 Å². The van der Waals surface area contributed by atoms with E-state index < -0.39 is 33.3 Å². The van der Waals surface area contributed by atoms with E-state index in [1.165, 1.54) is 4.31 Å². The molecule has 0 unspecified atom stereocenters. The molecule has 0 saturated carbocycles. The van der Waals surface area contributed by atoms with Gasteiger partial charge in [-0.25, -0.2) is 8.78 Å². The van der Waals surface area contributed by atoms with Gasteiger partial charge in [-0.3, -0.25) is 9.52 Å². The summed E-state index contributed by atoms with van der Waals surface area (Å²) in [6.07, 6.45) is 2.38. The van der Waals surface area contributed by atoms with Crippen molar-refractivity contribution in [2.75, 3.05) is 17.8 Å². The molecule has 2 rings (SSSR count). The molecule has 0 aromatic heterocycles. The summed E-state index contributed by atoms with van der Waals surface area (Å²) in [5.41, 5.74) is 4.26. The van der Waals surface area contributed by atoms with Crippen molar-refractivity contribution in [2.45, 2.75) is 19.3 Å².